The zero-order valence-electron chi connectivity index (χ0n) is 15.9. The Morgan fingerprint density at radius 2 is 2.18 bits per heavy atom. The average molecular weight is 408 g/mol. The van der Waals surface area contributed by atoms with Crippen molar-refractivity contribution in [3.8, 4) is 17.3 Å². The zero-order chi connectivity index (χ0) is 20.2. The number of aromatic nitrogens is 3. The highest BCUT2D eigenvalue weighted by Crippen LogP contribution is 2.44. The normalized spacial score (nSPS) is 21.3. The number of carboxylic acids is 1. The molecular formula is C19H22ClN3O5. The molecule has 1 saturated heterocycles. The van der Waals surface area contributed by atoms with Gasteiger partial charge in [-0.1, -0.05) is 32.4 Å². The summed E-state index contributed by atoms with van der Waals surface area (Å²) in [7, 11) is 0. The molecule has 8 nitrogen and oxygen atoms in total. The molecule has 0 saturated carbocycles. The monoisotopic (exact) mass is 407 g/mol. The Kier molecular flexibility index (Phi) is 4.50. The van der Waals surface area contributed by atoms with Crippen LogP contribution in [0.25, 0.3) is 11.4 Å². The second-order valence-electron chi connectivity index (χ2n) is 8.28. The second-order valence-corrected chi connectivity index (χ2v) is 8.66. The van der Waals surface area contributed by atoms with Gasteiger partial charge in [-0.15, -0.1) is 5.10 Å². The first-order valence-corrected chi connectivity index (χ1v) is 9.55. The number of hydrogen-bond donors (Lipinski definition) is 1. The van der Waals surface area contributed by atoms with E-state index in [0.29, 0.717) is 42.0 Å². The Balaban J connectivity index is 1.87. The van der Waals surface area contributed by atoms with Gasteiger partial charge >= 0.3 is 5.97 Å². The van der Waals surface area contributed by atoms with E-state index < -0.39 is 11.4 Å². The van der Waals surface area contributed by atoms with Crippen LogP contribution in [-0.2, 0) is 11.3 Å². The van der Waals surface area contributed by atoms with Gasteiger partial charge in [-0.25, -0.2) is 4.79 Å². The molecule has 2 aromatic heterocycles. The van der Waals surface area contributed by atoms with Crippen molar-refractivity contribution < 1.29 is 19.4 Å². The van der Waals surface area contributed by atoms with Gasteiger partial charge in [-0.3, -0.25) is 9.48 Å². The van der Waals surface area contributed by atoms with Crippen molar-refractivity contribution in [3.63, 3.8) is 0 Å². The van der Waals surface area contributed by atoms with Crippen molar-refractivity contribution in [1.82, 2.24) is 14.3 Å². The third-order valence-corrected chi connectivity index (χ3v) is 5.61. The minimum atomic E-state index is -1.25. The molecule has 0 aromatic carbocycles. The van der Waals surface area contributed by atoms with Crippen molar-refractivity contribution in [2.24, 2.45) is 5.41 Å². The molecule has 2 atom stereocenters. The Morgan fingerprint density at radius 1 is 1.43 bits per heavy atom. The first-order valence-electron chi connectivity index (χ1n) is 9.17. The molecule has 0 aliphatic carbocycles. The Morgan fingerprint density at radius 3 is 2.79 bits per heavy atom. The van der Waals surface area contributed by atoms with E-state index in [-0.39, 0.29) is 23.1 Å². The zero-order valence-corrected chi connectivity index (χ0v) is 16.7. The molecule has 2 aliphatic rings. The smallest absolute Gasteiger partial charge is 0.341 e. The molecule has 0 amide bonds. The van der Waals surface area contributed by atoms with Crippen molar-refractivity contribution in [2.45, 2.75) is 45.9 Å². The molecule has 4 rings (SSSR count). The summed E-state index contributed by atoms with van der Waals surface area (Å²) >= 11 is 6.58. The van der Waals surface area contributed by atoms with Crippen molar-refractivity contribution in [1.29, 1.82) is 0 Å². The number of rotatable bonds is 3. The van der Waals surface area contributed by atoms with E-state index >= 15 is 0 Å². The quantitative estimate of drug-likeness (QED) is 0.840. The number of nitrogens with zero attached hydrogens (tertiary/aromatic N) is 3. The van der Waals surface area contributed by atoms with Gasteiger partial charge in [-0.2, -0.15) is 0 Å². The van der Waals surface area contributed by atoms with Gasteiger partial charge in [0.25, 0.3) is 5.88 Å². The van der Waals surface area contributed by atoms with Crippen molar-refractivity contribution in [3.05, 3.63) is 33.1 Å². The topological polar surface area (TPSA) is 95.6 Å². The van der Waals surface area contributed by atoms with E-state index in [9.17, 15) is 14.7 Å². The maximum atomic E-state index is 12.4. The second kappa shape index (κ2) is 6.63. The summed E-state index contributed by atoms with van der Waals surface area (Å²) in [6, 6.07) is 1.20. The van der Waals surface area contributed by atoms with Crippen LogP contribution in [0.2, 0.25) is 5.02 Å². The molecule has 1 N–H and O–H groups in total. The number of aromatic carboxylic acids is 1. The van der Waals surface area contributed by atoms with E-state index in [0.717, 1.165) is 6.42 Å². The van der Waals surface area contributed by atoms with Crippen LogP contribution in [0.3, 0.4) is 0 Å². The van der Waals surface area contributed by atoms with Crippen LogP contribution < -0.4 is 10.2 Å². The number of carbonyl (C=O) groups is 1. The summed E-state index contributed by atoms with van der Waals surface area (Å²) in [6.45, 7) is 7.79. The molecule has 2 aliphatic heterocycles. The fourth-order valence-corrected chi connectivity index (χ4v) is 4.01. The van der Waals surface area contributed by atoms with Gasteiger partial charge in [0, 0.05) is 18.7 Å². The van der Waals surface area contributed by atoms with E-state index in [2.05, 4.69) is 25.9 Å². The summed E-state index contributed by atoms with van der Waals surface area (Å²) in [4.78, 5) is 23.9. The third-order valence-electron chi connectivity index (χ3n) is 5.27. The number of hydrogen-bond acceptors (Lipinski definition) is 5. The molecule has 0 radical (unpaired) electrons. The van der Waals surface area contributed by atoms with Gasteiger partial charge in [-0.05, 0) is 5.41 Å². The summed E-state index contributed by atoms with van der Waals surface area (Å²) in [6.07, 6.45) is 2.07. The molecule has 28 heavy (non-hydrogen) atoms. The minimum absolute atomic E-state index is 0.107. The number of pyridine rings is 1. The lowest BCUT2D eigenvalue weighted by Gasteiger charge is -2.38. The standard InChI is InChI=1S/C19H22ClN3O5/c1-19(2,3)14-8-23-16(12-6-13(24)11(18(25)26)7-22(12)14)15(20)17(21-23)28-10-4-5-27-9-10/h6-7,10,14H,4-5,8-9H2,1-3H3,(H,25,26)/t10-,14+/m1/s1. The number of ether oxygens (including phenoxy) is 2. The van der Waals surface area contributed by atoms with Crippen LogP contribution in [0, 0.1) is 5.41 Å². The van der Waals surface area contributed by atoms with Crippen LogP contribution in [0.4, 0.5) is 0 Å². The number of carboxylic acid groups (broad SMARTS) is 1. The highest BCUT2D eigenvalue weighted by Gasteiger charge is 2.37. The highest BCUT2D eigenvalue weighted by molar-refractivity contribution is 6.34. The van der Waals surface area contributed by atoms with Crippen molar-refractivity contribution >= 4 is 17.6 Å². The fourth-order valence-electron chi connectivity index (χ4n) is 3.73. The largest absolute Gasteiger partial charge is 0.477 e. The number of fused-ring (bicyclic) bond motifs is 3. The molecule has 150 valence electrons. The third kappa shape index (κ3) is 3.10. The predicted molar refractivity (Wildman–Crippen MR) is 102 cm³/mol. The van der Waals surface area contributed by atoms with Gasteiger partial charge in [0.1, 0.15) is 22.4 Å². The average Bonchev–Trinajstić information content (AvgIpc) is 3.21. The van der Waals surface area contributed by atoms with Gasteiger partial charge in [0.05, 0.1) is 31.5 Å². The van der Waals surface area contributed by atoms with Crippen LogP contribution in [0.15, 0.2) is 17.1 Å². The van der Waals surface area contributed by atoms with Crippen LogP contribution >= 0.6 is 11.6 Å². The van der Waals surface area contributed by atoms with Gasteiger partial charge < -0.3 is 19.1 Å². The first kappa shape index (κ1) is 19.0. The maximum absolute atomic E-state index is 12.4. The van der Waals surface area contributed by atoms with E-state index in [4.69, 9.17) is 21.1 Å². The molecule has 0 unspecified atom stereocenters. The first-order chi connectivity index (χ1) is 13.2. The lowest BCUT2D eigenvalue weighted by molar-refractivity contribution is 0.0693. The molecule has 0 bridgehead atoms. The van der Waals surface area contributed by atoms with Crippen LogP contribution in [0.5, 0.6) is 5.88 Å². The van der Waals surface area contributed by atoms with Crippen LogP contribution in [0.1, 0.15) is 43.6 Å². The Hall–Kier alpha value is -2.32. The van der Waals surface area contributed by atoms with E-state index in [1.807, 2.05) is 4.57 Å². The van der Waals surface area contributed by atoms with Crippen molar-refractivity contribution in [2.75, 3.05) is 13.2 Å². The summed E-state index contributed by atoms with van der Waals surface area (Å²) in [5.41, 5.74) is 0.0579. The SMILES string of the molecule is CC(C)(C)[C@@H]1Cn2nc(O[C@@H]3CCOC3)c(Cl)c2-c2cc(=O)c(C(=O)O)cn21. The molecular weight excluding hydrogens is 386 g/mol. The molecule has 0 spiro atoms. The Bertz CT molecular complexity index is 998. The summed E-state index contributed by atoms with van der Waals surface area (Å²) < 4.78 is 14.8. The lowest BCUT2D eigenvalue weighted by atomic mass is 9.85. The molecule has 1 fully saturated rings. The maximum Gasteiger partial charge on any atom is 0.341 e. The highest BCUT2D eigenvalue weighted by atomic mass is 35.5. The number of halogens is 1. The lowest BCUT2D eigenvalue weighted by Crippen LogP contribution is -2.35. The van der Waals surface area contributed by atoms with E-state index in [1.165, 1.54) is 12.3 Å². The fraction of sp³-hybridized carbons (Fsp3) is 0.526. The van der Waals surface area contributed by atoms with Crippen LogP contribution in [-0.4, -0.2) is 44.7 Å². The summed E-state index contributed by atoms with van der Waals surface area (Å²) in [5.74, 6) is -0.938. The Labute approximate surface area is 166 Å². The predicted octanol–water partition coefficient (Wildman–Crippen LogP) is 2.83. The molecule has 9 heteroatoms. The molecule has 4 heterocycles. The van der Waals surface area contributed by atoms with E-state index in [1.54, 1.807) is 4.68 Å². The molecule has 2 aromatic rings. The summed E-state index contributed by atoms with van der Waals surface area (Å²) in [5, 5.41) is 14.2. The van der Waals surface area contributed by atoms with Gasteiger partial charge in [0.15, 0.2) is 5.43 Å². The minimum Gasteiger partial charge on any atom is -0.477 e. The van der Waals surface area contributed by atoms with Gasteiger partial charge in [0.2, 0.25) is 0 Å².